The summed E-state index contributed by atoms with van der Waals surface area (Å²) in [7, 11) is -0.229. The first-order valence-corrected chi connectivity index (χ1v) is 8.41. The van der Waals surface area contributed by atoms with Gasteiger partial charge < -0.3 is 9.47 Å². The van der Waals surface area contributed by atoms with Crippen molar-refractivity contribution < 1.29 is 17.9 Å². The molecule has 22 heavy (non-hydrogen) atoms. The minimum absolute atomic E-state index is 0.0624. The smallest absolute Gasteiger partial charge is 0.216 e. The molecule has 2 rings (SSSR count). The van der Waals surface area contributed by atoms with Gasteiger partial charge in [0.2, 0.25) is 10.0 Å². The Hall–Kier alpha value is -2.05. The third kappa shape index (κ3) is 4.75. The lowest BCUT2D eigenvalue weighted by atomic mass is 10.2. The molecule has 1 N–H and O–H groups in total. The maximum absolute atomic E-state index is 12.1. The largest absolute Gasteiger partial charge is 0.497 e. The number of ether oxygens (including phenoxy) is 2. The minimum atomic E-state index is -3.39. The summed E-state index contributed by atoms with van der Waals surface area (Å²) in [6.07, 6.45) is 0. The highest BCUT2D eigenvalue weighted by Gasteiger charge is 2.11. The maximum Gasteiger partial charge on any atom is 0.216 e. The lowest BCUT2D eigenvalue weighted by Gasteiger charge is -2.08. The summed E-state index contributed by atoms with van der Waals surface area (Å²) in [5.74, 6) is 1.38. The van der Waals surface area contributed by atoms with Gasteiger partial charge in [-0.1, -0.05) is 24.3 Å². The fourth-order valence-electron chi connectivity index (χ4n) is 1.93. The highest BCUT2D eigenvalue weighted by molar-refractivity contribution is 7.88. The van der Waals surface area contributed by atoms with Crippen LogP contribution in [-0.2, 0) is 22.3 Å². The van der Waals surface area contributed by atoms with Gasteiger partial charge in [0.1, 0.15) is 11.5 Å². The molecule has 0 aliphatic carbocycles. The molecular formula is C16H19NO4S. The Labute approximate surface area is 130 Å². The van der Waals surface area contributed by atoms with Crippen LogP contribution in [0.3, 0.4) is 0 Å². The van der Waals surface area contributed by atoms with Crippen molar-refractivity contribution >= 4 is 10.0 Å². The SMILES string of the molecule is COc1ccc(CNS(=O)(=O)Cc2ccc(OC)cc2)cc1. The fourth-order valence-corrected chi connectivity index (χ4v) is 3.05. The second kappa shape index (κ2) is 7.29. The van der Waals surface area contributed by atoms with Crippen molar-refractivity contribution in [3.05, 3.63) is 59.7 Å². The Morgan fingerprint density at radius 1 is 0.818 bits per heavy atom. The third-order valence-electron chi connectivity index (χ3n) is 3.17. The van der Waals surface area contributed by atoms with Crippen LogP contribution < -0.4 is 14.2 Å². The molecule has 6 heteroatoms. The van der Waals surface area contributed by atoms with Crippen LogP contribution in [0, 0.1) is 0 Å². The monoisotopic (exact) mass is 321 g/mol. The minimum Gasteiger partial charge on any atom is -0.497 e. The number of benzene rings is 2. The molecule has 0 aliphatic heterocycles. The summed E-state index contributed by atoms with van der Waals surface area (Å²) in [5.41, 5.74) is 1.59. The third-order valence-corrected chi connectivity index (χ3v) is 4.47. The van der Waals surface area contributed by atoms with E-state index in [9.17, 15) is 8.42 Å². The predicted octanol–water partition coefficient (Wildman–Crippen LogP) is 2.32. The summed E-state index contributed by atoms with van der Waals surface area (Å²) < 4.78 is 36.9. The highest BCUT2D eigenvalue weighted by atomic mass is 32.2. The molecule has 0 bridgehead atoms. The standard InChI is InChI=1S/C16H19NO4S/c1-20-15-7-3-13(4-8-15)11-17-22(18,19)12-14-5-9-16(21-2)10-6-14/h3-10,17H,11-12H2,1-2H3. The first-order valence-electron chi connectivity index (χ1n) is 6.75. The van der Waals surface area contributed by atoms with Crippen LogP contribution in [0.2, 0.25) is 0 Å². The van der Waals surface area contributed by atoms with E-state index in [0.717, 1.165) is 11.3 Å². The van der Waals surface area contributed by atoms with Gasteiger partial charge in [0.25, 0.3) is 0 Å². The number of hydrogen-bond donors (Lipinski definition) is 1. The topological polar surface area (TPSA) is 64.6 Å². The molecule has 2 aromatic rings. The number of hydrogen-bond acceptors (Lipinski definition) is 4. The highest BCUT2D eigenvalue weighted by Crippen LogP contribution is 2.14. The predicted molar refractivity (Wildman–Crippen MR) is 85.5 cm³/mol. The van der Waals surface area contributed by atoms with Crippen LogP contribution in [0.5, 0.6) is 11.5 Å². The van der Waals surface area contributed by atoms with E-state index in [1.807, 2.05) is 12.1 Å². The average molecular weight is 321 g/mol. The Bertz CT molecular complexity index is 694. The van der Waals surface area contributed by atoms with Gasteiger partial charge in [-0.2, -0.15) is 0 Å². The van der Waals surface area contributed by atoms with Crippen molar-refractivity contribution in [3.8, 4) is 11.5 Å². The zero-order chi connectivity index (χ0) is 16.0. The van der Waals surface area contributed by atoms with E-state index in [1.54, 1.807) is 50.6 Å². The van der Waals surface area contributed by atoms with Gasteiger partial charge in [0, 0.05) is 6.54 Å². The second-order valence-electron chi connectivity index (χ2n) is 4.78. The molecule has 5 nitrogen and oxygen atoms in total. The van der Waals surface area contributed by atoms with Crippen LogP contribution >= 0.6 is 0 Å². The van der Waals surface area contributed by atoms with Crippen LogP contribution in [0.1, 0.15) is 11.1 Å². The molecule has 2 aromatic carbocycles. The van der Waals surface area contributed by atoms with Crippen LogP contribution in [0.4, 0.5) is 0 Å². The summed E-state index contributed by atoms with van der Waals surface area (Å²) in [6.45, 7) is 0.252. The molecule has 0 fully saturated rings. The molecule has 0 aromatic heterocycles. The summed E-state index contributed by atoms with van der Waals surface area (Å²) in [6, 6.07) is 14.2. The molecule has 0 heterocycles. The number of rotatable bonds is 7. The van der Waals surface area contributed by atoms with Crippen molar-refractivity contribution in [2.24, 2.45) is 0 Å². The molecule has 0 amide bonds. The van der Waals surface area contributed by atoms with E-state index in [2.05, 4.69) is 4.72 Å². The Morgan fingerprint density at radius 3 is 1.73 bits per heavy atom. The van der Waals surface area contributed by atoms with E-state index in [-0.39, 0.29) is 12.3 Å². The molecule has 0 aliphatic rings. The van der Waals surface area contributed by atoms with Gasteiger partial charge in [0.05, 0.1) is 20.0 Å². The van der Waals surface area contributed by atoms with Crippen molar-refractivity contribution in [1.29, 1.82) is 0 Å². The van der Waals surface area contributed by atoms with Gasteiger partial charge >= 0.3 is 0 Å². The van der Waals surface area contributed by atoms with Gasteiger partial charge in [-0.3, -0.25) is 0 Å². The van der Waals surface area contributed by atoms with E-state index >= 15 is 0 Å². The van der Waals surface area contributed by atoms with Gasteiger partial charge in [-0.25, -0.2) is 13.1 Å². The quantitative estimate of drug-likeness (QED) is 0.850. The fraction of sp³-hybridized carbons (Fsp3) is 0.250. The molecule has 0 spiro atoms. The van der Waals surface area contributed by atoms with Crippen LogP contribution in [0.25, 0.3) is 0 Å². The molecule has 0 unspecified atom stereocenters. The Morgan fingerprint density at radius 2 is 1.27 bits per heavy atom. The van der Waals surface area contributed by atoms with Crippen LogP contribution in [-0.4, -0.2) is 22.6 Å². The molecule has 0 saturated carbocycles. The van der Waals surface area contributed by atoms with Gasteiger partial charge in [0.15, 0.2) is 0 Å². The Balaban J connectivity index is 1.94. The number of methoxy groups -OCH3 is 2. The lowest BCUT2D eigenvalue weighted by Crippen LogP contribution is -2.24. The van der Waals surface area contributed by atoms with E-state index in [0.29, 0.717) is 11.3 Å². The average Bonchev–Trinajstić information content (AvgIpc) is 2.54. The van der Waals surface area contributed by atoms with Crippen molar-refractivity contribution in [1.82, 2.24) is 4.72 Å². The number of sulfonamides is 1. The first-order chi connectivity index (χ1) is 10.5. The normalized spacial score (nSPS) is 11.2. The molecule has 118 valence electrons. The maximum atomic E-state index is 12.1. The Kier molecular flexibility index (Phi) is 5.41. The van der Waals surface area contributed by atoms with Gasteiger partial charge in [-0.05, 0) is 35.4 Å². The lowest BCUT2D eigenvalue weighted by molar-refractivity contribution is 0.414. The second-order valence-corrected chi connectivity index (χ2v) is 6.58. The zero-order valence-electron chi connectivity index (χ0n) is 12.6. The summed E-state index contributed by atoms with van der Waals surface area (Å²) >= 11 is 0. The van der Waals surface area contributed by atoms with E-state index in [4.69, 9.17) is 9.47 Å². The first kappa shape index (κ1) is 16.3. The van der Waals surface area contributed by atoms with Crippen LogP contribution in [0.15, 0.2) is 48.5 Å². The molecule has 0 saturated heterocycles. The van der Waals surface area contributed by atoms with E-state index < -0.39 is 10.0 Å². The van der Waals surface area contributed by atoms with Gasteiger partial charge in [-0.15, -0.1) is 0 Å². The summed E-state index contributed by atoms with van der Waals surface area (Å²) in [4.78, 5) is 0. The van der Waals surface area contributed by atoms with Crippen molar-refractivity contribution in [3.63, 3.8) is 0 Å². The zero-order valence-corrected chi connectivity index (χ0v) is 13.4. The van der Waals surface area contributed by atoms with E-state index in [1.165, 1.54) is 0 Å². The number of nitrogens with one attached hydrogen (secondary N) is 1. The molecule has 0 atom stereocenters. The van der Waals surface area contributed by atoms with Crippen molar-refractivity contribution in [2.75, 3.05) is 14.2 Å². The molecule has 0 radical (unpaired) electrons. The summed E-state index contributed by atoms with van der Waals surface area (Å²) in [5, 5.41) is 0. The van der Waals surface area contributed by atoms with Crippen molar-refractivity contribution in [2.45, 2.75) is 12.3 Å². The molecular weight excluding hydrogens is 302 g/mol.